The van der Waals surface area contributed by atoms with E-state index in [-0.39, 0.29) is 18.3 Å². The Morgan fingerprint density at radius 2 is 1.88 bits per heavy atom. The van der Waals surface area contributed by atoms with E-state index >= 15 is 0 Å². The lowest BCUT2D eigenvalue weighted by molar-refractivity contribution is 0.0757. The van der Waals surface area contributed by atoms with Gasteiger partial charge in [0.1, 0.15) is 11.5 Å². The van der Waals surface area contributed by atoms with E-state index in [0.29, 0.717) is 30.5 Å². The first-order chi connectivity index (χ1) is 12.5. The van der Waals surface area contributed by atoms with Gasteiger partial charge in [0, 0.05) is 24.8 Å². The number of nitrogens with one attached hydrogen (secondary N) is 2. The van der Waals surface area contributed by atoms with Crippen LogP contribution in [0.15, 0.2) is 36.5 Å². The number of aromatic nitrogens is 2. The van der Waals surface area contributed by atoms with Crippen molar-refractivity contribution in [2.24, 2.45) is 0 Å². The van der Waals surface area contributed by atoms with Gasteiger partial charge in [0.05, 0.1) is 12.6 Å². The first kappa shape index (κ1) is 16.5. The van der Waals surface area contributed by atoms with E-state index in [1.807, 2.05) is 41.9 Å². The van der Waals surface area contributed by atoms with Gasteiger partial charge >= 0.3 is 0 Å². The zero-order chi connectivity index (χ0) is 18.3. The van der Waals surface area contributed by atoms with Crippen LogP contribution in [0.1, 0.15) is 40.5 Å². The number of aryl methyl sites for hydroxylation is 1. The molecule has 26 heavy (non-hydrogen) atoms. The molecule has 0 unspecified atom stereocenters. The highest BCUT2D eigenvalue weighted by atomic mass is 16.2. The summed E-state index contributed by atoms with van der Waals surface area (Å²) in [6, 6.07) is 9.71. The zero-order valence-electron chi connectivity index (χ0n) is 14.8. The highest BCUT2D eigenvalue weighted by Crippen LogP contribution is 2.35. The van der Waals surface area contributed by atoms with Gasteiger partial charge in [0.15, 0.2) is 5.84 Å². The van der Waals surface area contributed by atoms with E-state index < -0.39 is 0 Å². The van der Waals surface area contributed by atoms with Gasteiger partial charge in [-0.25, -0.2) is 0 Å². The maximum Gasteiger partial charge on any atom is 0.254 e. The Balaban J connectivity index is 1.45. The van der Waals surface area contributed by atoms with Gasteiger partial charge in [-0.05, 0) is 38.0 Å². The molecular weight excluding hydrogens is 328 g/mol. The molecule has 0 bridgehead atoms. The summed E-state index contributed by atoms with van der Waals surface area (Å²) in [5.74, 6) is 0.496. The minimum atomic E-state index is -0.0658. The number of amides is 1. The molecule has 1 amide bonds. The van der Waals surface area contributed by atoms with Crippen LogP contribution in [-0.4, -0.2) is 56.8 Å². The van der Waals surface area contributed by atoms with Crippen LogP contribution in [0.2, 0.25) is 0 Å². The maximum absolute atomic E-state index is 12.7. The van der Waals surface area contributed by atoms with Gasteiger partial charge < -0.3 is 9.80 Å². The van der Waals surface area contributed by atoms with Crippen LogP contribution < -0.4 is 0 Å². The van der Waals surface area contributed by atoms with E-state index in [1.54, 1.807) is 16.0 Å². The van der Waals surface area contributed by atoms with Gasteiger partial charge in [-0.3, -0.25) is 20.3 Å². The zero-order valence-corrected chi connectivity index (χ0v) is 14.8. The smallest absolute Gasteiger partial charge is 0.254 e. The summed E-state index contributed by atoms with van der Waals surface area (Å²) >= 11 is 0. The van der Waals surface area contributed by atoms with Crippen LogP contribution in [-0.2, 0) is 0 Å². The van der Waals surface area contributed by atoms with Crippen molar-refractivity contribution in [2.75, 3.05) is 19.6 Å². The Kier molecular flexibility index (Phi) is 4.06. The Morgan fingerprint density at radius 1 is 1.15 bits per heavy atom. The molecule has 0 spiro atoms. The third-order valence-electron chi connectivity index (χ3n) is 4.92. The molecular formula is C19H22N6O. The third-order valence-corrected chi connectivity index (χ3v) is 4.92. The van der Waals surface area contributed by atoms with E-state index in [9.17, 15) is 4.79 Å². The predicted octanol–water partition coefficient (Wildman–Crippen LogP) is 2.29. The average Bonchev–Trinajstić information content (AvgIpc) is 3.37. The molecule has 1 aromatic heterocycles. The first-order valence-corrected chi connectivity index (χ1v) is 8.88. The molecule has 1 saturated heterocycles. The molecule has 2 N–H and O–H groups in total. The van der Waals surface area contributed by atoms with Gasteiger partial charge in [0.25, 0.3) is 5.91 Å². The second-order valence-electron chi connectivity index (χ2n) is 6.93. The second kappa shape index (κ2) is 6.40. The Hall–Kier alpha value is -2.96. The highest BCUT2D eigenvalue weighted by Gasteiger charge is 2.32. The number of benzene rings is 1. The van der Waals surface area contributed by atoms with Crippen molar-refractivity contribution in [3.05, 3.63) is 53.3 Å². The Morgan fingerprint density at radius 3 is 2.54 bits per heavy atom. The Labute approximate surface area is 152 Å². The quantitative estimate of drug-likeness (QED) is 0.657. The van der Waals surface area contributed by atoms with Crippen LogP contribution >= 0.6 is 0 Å². The largest absolute Gasteiger partial charge is 0.329 e. The number of carbonyl (C=O) groups is 1. The fraction of sp³-hybridized carbons (Fsp3) is 0.368. The number of hydrogen-bond donors (Lipinski definition) is 2. The van der Waals surface area contributed by atoms with Gasteiger partial charge in [0.2, 0.25) is 0 Å². The van der Waals surface area contributed by atoms with Crippen molar-refractivity contribution in [3.63, 3.8) is 0 Å². The third kappa shape index (κ3) is 3.00. The van der Waals surface area contributed by atoms with Crippen LogP contribution in [0.5, 0.6) is 0 Å². The minimum absolute atomic E-state index is 0.0658. The van der Waals surface area contributed by atoms with Crippen molar-refractivity contribution < 1.29 is 4.79 Å². The van der Waals surface area contributed by atoms with Crippen LogP contribution in [0.3, 0.4) is 0 Å². The molecule has 2 fully saturated rings. The molecule has 7 nitrogen and oxygen atoms in total. The maximum atomic E-state index is 12.7. The molecule has 2 heterocycles. The van der Waals surface area contributed by atoms with Crippen LogP contribution in [0.4, 0.5) is 0 Å². The summed E-state index contributed by atoms with van der Waals surface area (Å²) in [6.45, 7) is 3.15. The predicted molar refractivity (Wildman–Crippen MR) is 98.8 cm³/mol. The molecule has 0 atom stereocenters. The molecule has 1 aliphatic carbocycles. The lowest BCUT2D eigenvalue weighted by Gasteiger charge is -2.36. The van der Waals surface area contributed by atoms with E-state index in [1.165, 1.54) is 0 Å². The van der Waals surface area contributed by atoms with Crippen molar-refractivity contribution in [1.82, 2.24) is 19.6 Å². The van der Waals surface area contributed by atoms with Crippen LogP contribution in [0.25, 0.3) is 0 Å². The summed E-state index contributed by atoms with van der Waals surface area (Å²) < 4.78 is 1.89. The van der Waals surface area contributed by atoms with Gasteiger partial charge in [-0.2, -0.15) is 5.10 Å². The molecule has 7 heteroatoms. The average molecular weight is 350 g/mol. The number of hydrogen-bond acceptors (Lipinski definition) is 4. The monoisotopic (exact) mass is 350 g/mol. The minimum Gasteiger partial charge on any atom is -0.329 e. The lowest BCUT2D eigenvalue weighted by atomic mass is 10.1. The van der Waals surface area contributed by atoms with Gasteiger partial charge in [-0.1, -0.05) is 17.7 Å². The standard InChI is InChI=1S/C19H22N6O/c1-13-2-4-14(5-3-13)19(26)23-10-11-24(17(20)12-23)18(21)16-8-9-22-25(16)15-6-7-15/h2-5,8-9,15,20-21H,6-7,10-12H2,1H3. The van der Waals surface area contributed by atoms with E-state index in [0.717, 1.165) is 24.1 Å². The SMILES string of the molecule is Cc1ccc(C(=O)N2CCN(C(=N)c3ccnn3C3CC3)C(=N)C2)cc1. The van der Waals surface area contributed by atoms with Gasteiger partial charge in [-0.15, -0.1) is 0 Å². The van der Waals surface area contributed by atoms with Crippen LogP contribution in [0, 0.1) is 17.7 Å². The number of amidine groups is 2. The lowest BCUT2D eigenvalue weighted by Crippen LogP contribution is -2.54. The molecule has 1 aliphatic heterocycles. The highest BCUT2D eigenvalue weighted by molar-refractivity contribution is 6.08. The fourth-order valence-electron chi connectivity index (χ4n) is 3.25. The first-order valence-electron chi connectivity index (χ1n) is 8.88. The van der Waals surface area contributed by atoms with Crippen molar-refractivity contribution in [2.45, 2.75) is 25.8 Å². The molecule has 0 radical (unpaired) electrons. The number of carbonyl (C=O) groups excluding carboxylic acids is 1. The molecule has 2 aliphatic rings. The molecule has 134 valence electrons. The summed E-state index contributed by atoms with van der Waals surface area (Å²) in [6.07, 6.45) is 3.90. The number of rotatable bonds is 3. The van der Waals surface area contributed by atoms with Crippen molar-refractivity contribution in [3.8, 4) is 0 Å². The summed E-state index contributed by atoms with van der Waals surface area (Å²) in [7, 11) is 0. The van der Waals surface area contributed by atoms with Crippen molar-refractivity contribution >= 4 is 17.6 Å². The fourth-order valence-corrected chi connectivity index (χ4v) is 3.25. The molecule has 1 saturated carbocycles. The Bertz CT molecular complexity index is 864. The normalized spacial score (nSPS) is 17.5. The molecule has 2 aromatic rings. The number of nitrogens with zero attached hydrogens (tertiary/aromatic N) is 4. The summed E-state index contributed by atoms with van der Waals surface area (Å²) in [5.41, 5.74) is 2.49. The second-order valence-corrected chi connectivity index (χ2v) is 6.93. The molecule has 4 rings (SSSR count). The van der Waals surface area contributed by atoms with E-state index in [2.05, 4.69) is 5.10 Å². The van der Waals surface area contributed by atoms with Crippen molar-refractivity contribution in [1.29, 1.82) is 10.8 Å². The summed E-state index contributed by atoms with van der Waals surface area (Å²) in [5, 5.41) is 21.2. The molecule has 1 aromatic carbocycles. The summed E-state index contributed by atoms with van der Waals surface area (Å²) in [4.78, 5) is 16.0. The topological polar surface area (TPSA) is 89.1 Å². The number of piperazine rings is 1. The van der Waals surface area contributed by atoms with E-state index in [4.69, 9.17) is 10.8 Å².